The second-order valence-corrected chi connectivity index (χ2v) is 9.50. The molecule has 186 valence electrons. The van der Waals surface area contributed by atoms with Gasteiger partial charge in [-0.25, -0.2) is 14.4 Å². The number of benzene rings is 1. The van der Waals surface area contributed by atoms with Gasteiger partial charge in [0.05, 0.1) is 23.8 Å². The lowest BCUT2D eigenvalue weighted by atomic mass is 10.1. The van der Waals surface area contributed by atoms with Gasteiger partial charge in [0.15, 0.2) is 5.16 Å². The number of ether oxygens (including phenoxy) is 1. The van der Waals surface area contributed by atoms with Crippen LogP contribution in [-0.2, 0) is 21.7 Å². The van der Waals surface area contributed by atoms with Gasteiger partial charge >= 0.3 is 18.2 Å². The molecule has 2 aliphatic rings. The maximum Gasteiger partial charge on any atom is 0.377 e. The Morgan fingerprint density at radius 3 is 2.57 bits per heavy atom. The maximum atomic E-state index is 13.9. The number of carboxylic acid groups (broad SMARTS) is 1. The number of rotatable bonds is 7. The topological polar surface area (TPSA) is 80.5 Å². The van der Waals surface area contributed by atoms with Gasteiger partial charge in [0.25, 0.3) is 0 Å². The Labute approximate surface area is 199 Å². The summed E-state index contributed by atoms with van der Waals surface area (Å²) < 4.78 is 74.9. The molecule has 1 saturated carbocycles. The molecule has 0 atom stereocenters. The number of aliphatic carboxylic acids is 1. The highest BCUT2D eigenvalue weighted by molar-refractivity contribution is 7.98. The number of halogens is 5. The van der Waals surface area contributed by atoms with Crippen LogP contribution in [0.15, 0.2) is 35.7 Å². The number of carbonyl (C=O) groups is 1. The van der Waals surface area contributed by atoms with Crippen LogP contribution in [0.5, 0.6) is 0 Å². The summed E-state index contributed by atoms with van der Waals surface area (Å²) in [5, 5.41) is 9.20. The largest absolute Gasteiger partial charge is 0.481 e. The molecule has 3 heterocycles. The molecule has 1 aliphatic carbocycles. The minimum atomic E-state index is -4.03. The van der Waals surface area contributed by atoms with Crippen LogP contribution in [0.3, 0.4) is 0 Å². The van der Waals surface area contributed by atoms with Crippen molar-refractivity contribution >= 4 is 34.5 Å². The van der Waals surface area contributed by atoms with Crippen LogP contribution in [0, 0.1) is 5.82 Å². The van der Waals surface area contributed by atoms with E-state index in [0.717, 1.165) is 17.7 Å². The van der Waals surface area contributed by atoms with E-state index in [1.165, 1.54) is 36.2 Å². The number of alkyl halides is 4. The maximum absolute atomic E-state index is 13.9. The lowest BCUT2D eigenvalue weighted by Gasteiger charge is -2.37. The lowest BCUT2D eigenvalue weighted by molar-refractivity contribution is -0.380. The van der Waals surface area contributed by atoms with Crippen LogP contribution in [0.1, 0.15) is 30.0 Å². The number of carboxylic acids is 1. The molecule has 1 N–H and O–H groups in total. The predicted octanol–water partition coefficient (Wildman–Crippen LogP) is 4.85. The third-order valence-electron chi connectivity index (χ3n) is 5.68. The van der Waals surface area contributed by atoms with Gasteiger partial charge in [0, 0.05) is 18.0 Å². The first-order valence-corrected chi connectivity index (χ1v) is 11.7. The molecule has 5 rings (SSSR count). The molecule has 0 radical (unpaired) electrons. The Kier molecular flexibility index (Phi) is 5.86. The van der Waals surface area contributed by atoms with Crippen molar-refractivity contribution in [1.82, 2.24) is 14.5 Å². The summed E-state index contributed by atoms with van der Waals surface area (Å²) in [6, 6.07) is 4.27. The van der Waals surface area contributed by atoms with Gasteiger partial charge in [-0.2, -0.15) is 17.6 Å². The standard InChI is InChI=1S/C22H19F5N4O3S/c23-15-4-1-12(5-13(15)6-18(32)33)9-35-20-28-7-16-19(29-20)17(8-31(16)14-2-3-14)30-10-21(24,25)34-22(26,27)11-30/h1,4-5,7-8,14H,2-3,6,9-11H2,(H,32,33). The van der Waals surface area contributed by atoms with Crippen LogP contribution < -0.4 is 4.90 Å². The van der Waals surface area contributed by atoms with Gasteiger partial charge in [0.1, 0.15) is 24.4 Å². The molecule has 0 amide bonds. The summed E-state index contributed by atoms with van der Waals surface area (Å²) in [6.07, 6.45) is -3.69. The van der Waals surface area contributed by atoms with E-state index in [9.17, 15) is 26.7 Å². The molecule has 2 aromatic heterocycles. The quantitative estimate of drug-likeness (QED) is 0.274. The van der Waals surface area contributed by atoms with E-state index in [1.54, 1.807) is 6.20 Å². The third kappa shape index (κ3) is 5.20. The van der Waals surface area contributed by atoms with Crippen molar-refractivity contribution in [3.8, 4) is 0 Å². The third-order valence-corrected chi connectivity index (χ3v) is 6.61. The molecular weight excluding hydrogens is 495 g/mol. The Morgan fingerprint density at radius 1 is 1.20 bits per heavy atom. The second-order valence-electron chi connectivity index (χ2n) is 8.56. The minimum absolute atomic E-state index is 0.0462. The second kappa shape index (κ2) is 8.63. The number of morpholine rings is 1. The fraction of sp³-hybridized carbons (Fsp3) is 0.409. The molecule has 1 aliphatic heterocycles. The molecule has 0 spiro atoms. The normalized spacial score (nSPS) is 19.3. The molecule has 1 aromatic carbocycles. The molecule has 3 aromatic rings. The fourth-order valence-electron chi connectivity index (χ4n) is 4.07. The van der Waals surface area contributed by atoms with Crippen molar-refractivity contribution < 1.29 is 36.6 Å². The average Bonchev–Trinajstić information content (AvgIpc) is 3.52. The zero-order valence-corrected chi connectivity index (χ0v) is 18.9. The summed E-state index contributed by atoms with van der Waals surface area (Å²) in [5.74, 6) is -1.50. The molecule has 0 bridgehead atoms. The van der Waals surface area contributed by atoms with Crippen LogP contribution in [0.4, 0.5) is 27.6 Å². The van der Waals surface area contributed by atoms with Crippen LogP contribution in [0.2, 0.25) is 0 Å². The van der Waals surface area contributed by atoms with E-state index in [4.69, 9.17) is 5.11 Å². The predicted molar refractivity (Wildman–Crippen MR) is 116 cm³/mol. The first-order valence-electron chi connectivity index (χ1n) is 10.7. The van der Waals surface area contributed by atoms with Gasteiger partial charge in [-0.3, -0.25) is 9.53 Å². The summed E-state index contributed by atoms with van der Waals surface area (Å²) in [6.45, 7) is -2.08. The van der Waals surface area contributed by atoms with E-state index >= 15 is 0 Å². The summed E-state index contributed by atoms with van der Waals surface area (Å²) in [5.41, 5.74) is 1.65. The SMILES string of the molecule is O=C(O)Cc1cc(CSc2ncc3c(n2)c(N2CC(F)(F)OC(F)(F)C2)cn3C2CC2)ccc1F. The molecule has 13 heteroatoms. The zero-order valence-electron chi connectivity index (χ0n) is 18.1. The van der Waals surface area contributed by atoms with E-state index in [-0.39, 0.29) is 33.7 Å². The fourth-order valence-corrected chi connectivity index (χ4v) is 4.83. The van der Waals surface area contributed by atoms with Crippen molar-refractivity contribution in [1.29, 1.82) is 0 Å². The van der Waals surface area contributed by atoms with E-state index < -0.39 is 43.5 Å². The monoisotopic (exact) mass is 514 g/mol. The molecular formula is C22H19F5N4O3S. The van der Waals surface area contributed by atoms with Crippen molar-refractivity contribution in [3.05, 3.63) is 47.5 Å². The van der Waals surface area contributed by atoms with Gasteiger partial charge < -0.3 is 14.6 Å². The molecule has 0 unspecified atom stereocenters. The number of aromatic nitrogens is 3. The Balaban J connectivity index is 1.44. The van der Waals surface area contributed by atoms with Crippen molar-refractivity contribution in [3.63, 3.8) is 0 Å². The Morgan fingerprint density at radius 2 is 1.91 bits per heavy atom. The van der Waals surface area contributed by atoms with Gasteiger partial charge in [-0.15, -0.1) is 0 Å². The molecule has 35 heavy (non-hydrogen) atoms. The number of hydrogen-bond donors (Lipinski definition) is 1. The van der Waals surface area contributed by atoms with Crippen LogP contribution in [-0.4, -0.2) is 50.9 Å². The highest BCUT2D eigenvalue weighted by Gasteiger charge is 2.52. The zero-order chi connectivity index (χ0) is 25.0. The summed E-state index contributed by atoms with van der Waals surface area (Å²) in [7, 11) is 0. The van der Waals surface area contributed by atoms with Crippen LogP contribution >= 0.6 is 11.8 Å². The number of thioether (sulfide) groups is 1. The van der Waals surface area contributed by atoms with Crippen molar-refractivity contribution in [2.45, 2.75) is 48.4 Å². The molecule has 1 saturated heterocycles. The number of nitrogens with zero attached hydrogens (tertiary/aromatic N) is 4. The summed E-state index contributed by atoms with van der Waals surface area (Å²) >= 11 is 1.17. The smallest absolute Gasteiger partial charge is 0.377 e. The van der Waals surface area contributed by atoms with Gasteiger partial charge in [0.2, 0.25) is 0 Å². The van der Waals surface area contributed by atoms with E-state index in [0.29, 0.717) is 11.1 Å². The molecule has 7 nitrogen and oxygen atoms in total. The lowest BCUT2D eigenvalue weighted by Crippen LogP contribution is -2.55. The Bertz CT molecular complexity index is 1280. The minimum Gasteiger partial charge on any atom is -0.481 e. The first-order chi connectivity index (χ1) is 16.5. The average molecular weight is 514 g/mol. The van der Waals surface area contributed by atoms with Crippen molar-refractivity contribution in [2.75, 3.05) is 18.0 Å². The van der Waals surface area contributed by atoms with Crippen LogP contribution in [0.25, 0.3) is 11.0 Å². The highest BCUT2D eigenvalue weighted by Crippen LogP contribution is 2.43. The number of hydrogen-bond acceptors (Lipinski definition) is 6. The van der Waals surface area contributed by atoms with Gasteiger partial charge in [-0.1, -0.05) is 23.9 Å². The first kappa shape index (κ1) is 23.8. The van der Waals surface area contributed by atoms with Crippen molar-refractivity contribution in [2.24, 2.45) is 0 Å². The van der Waals surface area contributed by atoms with E-state index in [2.05, 4.69) is 14.7 Å². The number of fused-ring (bicyclic) bond motifs is 1. The number of anilines is 1. The molecule has 2 fully saturated rings. The van der Waals surface area contributed by atoms with E-state index in [1.807, 2.05) is 4.57 Å². The summed E-state index contributed by atoms with van der Waals surface area (Å²) in [4.78, 5) is 20.6. The Hall–Kier alpha value is -2.93. The van der Waals surface area contributed by atoms with Gasteiger partial charge in [-0.05, 0) is 30.0 Å². The highest BCUT2D eigenvalue weighted by atomic mass is 32.2.